The molecule has 0 aromatic carbocycles. The fraction of sp³-hybridized carbons (Fsp3) is 0.667. The molecule has 1 heterocycles. The van der Waals surface area contributed by atoms with Gasteiger partial charge in [-0.25, -0.2) is 4.79 Å². The fourth-order valence-corrected chi connectivity index (χ4v) is 3.45. The van der Waals surface area contributed by atoms with Gasteiger partial charge in [-0.2, -0.15) is 0 Å². The molecule has 6 heteroatoms. The number of nitrogens with zero attached hydrogens (tertiary/aromatic N) is 2. The molecule has 0 spiro atoms. The van der Waals surface area contributed by atoms with Crippen LogP contribution in [-0.2, 0) is 18.5 Å². The predicted molar refractivity (Wildman–Crippen MR) is 101 cm³/mol. The molecular formula is C18H30N2O3Si. The molecule has 0 radical (unpaired) electrons. The average Bonchev–Trinajstić information content (AvgIpc) is 2.47. The Morgan fingerprint density at radius 2 is 1.83 bits per heavy atom. The van der Waals surface area contributed by atoms with E-state index in [0.29, 0.717) is 12.0 Å². The molecule has 1 rings (SSSR count). The molecule has 0 aliphatic carbocycles. The van der Waals surface area contributed by atoms with E-state index < -0.39 is 8.32 Å². The topological polar surface area (TPSA) is 53.2 Å². The van der Waals surface area contributed by atoms with E-state index in [-0.39, 0.29) is 22.4 Å². The Morgan fingerprint density at radius 3 is 2.33 bits per heavy atom. The van der Waals surface area contributed by atoms with Gasteiger partial charge in [0, 0.05) is 26.7 Å². The molecule has 134 valence electrons. The van der Waals surface area contributed by atoms with E-state index in [1.165, 1.54) is 17.8 Å². The minimum Gasteiger partial charge on any atom is -0.413 e. The van der Waals surface area contributed by atoms with Gasteiger partial charge in [-0.15, -0.1) is 0 Å². The minimum absolute atomic E-state index is 0.0646. The second-order valence-corrected chi connectivity index (χ2v) is 12.5. The molecule has 24 heavy (non-hydrogen) atoms. The van der Waals surface area contributed by atoms with Crippen LogP contribution in [0.1, 0.15) is 46.1 Å². The van der Waals surface area contributed by atoms with E-state index in [0.717, 1.165) is 11.0 Å². The second-order valence-electron chi connectivity index (χ2n) is 7.71. The molecular weight excluding hydrogens is 320 g/mol. The zero-order chi connectivity index (χ0) is 18.7. The van der Waals surface area contributed by atoms with Crippen molar-refractivity contribution in [1.29, 1.82) is 0 Å². The Labute approximate surface area is 145 Å². The first-order chi connectivity index (χ1) is 10.9. The van der Waals surface area contributed by atoms with Crippen molar-refractivity contribution in [3.8, 4) is 11.8 Å². The lowest BCUT2D eigenvalue weighted by atomic mass is 10.2. The van der Waals surface area contributed by atoms with Gasteiger partial charge in [0.25, 0.3) is 5.56 Å². The fourth-order valence-electron chi connectivity index (χ4n) is 2.02. The van der Waals surface area contributed by atoms with E-state index in [1.807, 2.05) is 0 Å². The third-order valence-corrected chi connectivity index (χ3v) is 9.26. The Bertz CT molecular complexity index is 758. The SMILES string of the molecule is CC[C@H](CC#Cc1cn(C)c(=O)n(C)c1=O)O[Si](C)(C)C(C)(C)C. The van der Waals surface area contributed by atoms with Gasteiger partial charge in [0.1, 0.15) is 5.56 Å². The smallest absolute Gasteiger partial charge is 0.330 e. The number of hydrogen-bond acceptors (Lipinski definition) is 3. The summed E-state index contributed by atoms with van der Waals surface area (Å²) in [6.07, 6.45) is 3.02. The summed E-state index contributed by atoms with van der Waals surface area (Å²) in [5.74, 6) is 5.96. The van der Waals surface area contributed by atoms with Crippen molar-refractivity contribution in [2.75, 3.05) is 0 Å². The first-order valence-corrected chi connectivity index (χ1v) is 11.2. The molecule has 0 unspecified atom stereocenters. The zero-order valence-corrected chi connectivity index (χ0v) is 17.2. The predicted octanol–water partition coefficient (Wildman–Crippen LogP) is 2.63. The standard InChI is InChI=1S/C18H30N2O3Si/c1-9-15(23-24(7,8)18(2,3)4)12-10-11-14-13-19(5)17(22)20(6)16(14)21/h13,15H,9,12H2,1-8H3/t15-/m1/s1. The molecule has 0 aliphatic heterocycles. The minimum atomic E-state index is -1.83. The lowest BCUT2D eigenvalue weighted by Gasteiger charge is -2.38. The molecule has 5 nitrogen and oxygen atoms in total. The maximum Gasteiger partial charge on any atom is 0.330 e. The van der Waals surface area contributed by atoms with E-state index in [1.54, 1.807) is 7.05 Å². The van der Waals surface area contributed by atoms with Crippen LogP contribution in [0.15, 0.2) is 15.8 Å². The van der Waals surface area contributed by atoms with Crippen LogP contribution in [0.25, 0.3) is 0 Å². The Hall–Kier alpha value is -1.58. The van der Waals surface area contributed by atoms with Gasteiger partial charge >= 0.3 is 5.69 Å². The van der Waals surface area contributed by atoms with E-state index >= 15 is 0 Å². The number of aryl methyl sites for hydroxylation is 1. The number of aromatic nitrogens is 2. The molecule has 0 aliphatic rings. The maximum absolute atomic E-state index is 12.1. The Kier molecular flexibility index (Phi) is 6.43. The maximum atomic E-state index is 12.1. The van der Waals surface area contributed by atoms with Crippen LogP contribution in [0.2, 0.25) is 18.1 Å². The summed E-state index contributed by atoms with van der Waals surface area (Å²) in [5, 5.41) is 0.154. The third-order valence-electron chi connectivity index (χ3n) is 4.72. The quantitative estimate of drug-likeness (QED) is 0.619. The molecule has 0 saturated carbocycles. The highest BCUT2D eigenvalue weighted by Gasteiger charge is 2.38. The number of hydrogen-bond donors (Lipinski definition) is 0. The normalized spacial score (nSPS) is 13.3. The largest absolute Gasteiger partial charge is 0.413 e. The Morgan fingerprint density at radius 1 is 1.25 bits per heavy atom. The molecule has 1 aromatic rings. The van der Waals surface area contributed by atoms with Crippen molar-refractivity contribution >= 4 is 8.32 Å². The van der Waals surface area contributed by atoms with Crippen molar-refractivity contribution in [1.82, 2.24) is 9.13 Å². The first-order valence-electron chi connectivity index (χ1n) is 8.34. The van der Waals surface area contributed by atoms with Crippen LogP contribution in [-0.4, -0.2) is 23.6 Å². The van der Waals surface area contributed by atoms with Crippen LogP contribution in [0.4, 0.5) is 0 Å². The van der Waals surface area contributed by atoms with Crippen LogP contribution >= 0.6 is 0 Å². The van der Waals surface area contributed by atoms with Crippen molar-refractivity contribution in [3.63, 3.8) is 0 Å². The highest BCUT2D eigenvalue weighted by atomic mass is 28.4. The van der Waals surface area contributed by atoms with Gasteiger partial charge in [0.2, 0.25) is 0 Å². The van der Waals surface area contributed by atoms with Gasteiger partial charge in [-0.1, -0.05) is 39.5 Å². The molecule has 0 saturated heterocycles. The van der Waals surface area contributed by atoms with Crippen LogP contribution in [0.5, 0.6) is 0 Å². The lowest BCUT2D eigenvalue weighted by molar-refractivity contribution is 0.181. The van der Waals surface area contributed by atoms with Gasteiger partial charge in [0.15, 0.2) is 8.32 Å². The van der Waals surface area contributed by atoms with Crippen LogP contribution in [0, 0.1) is 11.8 Å². The van der Waals surface area contributed by atoms with Crippen molar-refractivity contribution in [3.05, 3.63) is 32.6 Å². The van der Waals surface area contributed by atoms with E-state index in [2.05, 4.69) is 52.6 Å². The summed E-state index contributed by atoms with van der Waals surface area (Å²) in [5.41, 5.74) is -0.371. The molecule has 0 amide bonds. The summed E-state index contributed by atoms with van der Waals surface area (Å²) in [6, 6.07) is 0. The summed E-state index contributed by atoms with van der Waals surface area (Å²) in [6.45, 7) is 13.2. The summed E-state index contributed by atoms with van der Waals surface area (Å²) in [4.78, 5) is 23.8. The highest BCUT2D eigenvalue weighted by molar-refractivity contribution is 6.74. The average molecular weight is 351 g/mol. The van der Waals surface area contributed by atoms with Crippen molar-refractivity contribution < 1.29 is 4.43 Å². The van der Waals surface area contributed by atoms with Gasteiger partial charge in [-0.3, -0.25) is 9.36 Å². The molecule has 0 fully saturated rings. The number of rotatable bonds is 4. The van der Waals surface area contributed by atoms with Crippen LogP contribution in [0.3, 0.4) is 0 Å². The lowest BCUT2D eigenvalue weighted by Crippen LogP contribution is -2.43. The Balaban J connectivity index is 2.96. The van der Waals surface area contributed by atoms with E-state index in [9.17, 15) is 9.59 Å². The summed E-state index contributed by atoms with van der Waals surface area (Å²) < 4.78 is 8.83. The third kappa shape index (κ3) is 4.71. The van der Waals surface area contributed by atoms with Crippen molar-refractivity contribution in [2.45, 2.75) is 64.8 Å². The zero-order valence-electron chi connectivity index (χ0n) is 16.2. The van der Waals surface area contributed by atoms with E-state index in [4.69, 9.17) is 4.43 Å². The summed E-state index contributed by atoms with van der Waals surface area (Å²) in [7, 11) is 1.24. The van der Waals surface area contributed by atoms with Gasteiger partial charge in [-0.05, 0) is 24.6 Å². The van der Waals surface area contributed by atoms with Crippen LogP contribution < -0.4 is 11.2 Å². The molecule has 1 atom stereocenters. The summed E-state index contributed by atoms with van der Waals surface area (Å²) >= 11 is 0. The van der Waals surface area contributed by atoms with Gasteiger partial charge < -0.3 is 8.99 Å². The molecule has 1 aromatic heterocycles. The molecule has 0 bridgehead atoms. The second kappa shape index (κ2) is 7.54. The first kappa shape index (κ1) is 20.5. The highest BCUT2D eigenvalue weighted by Crippen LogP contribution is 2.37. The van der Waals surface area contributed by atoms with Gasteiger partial charge in [0.05, 0.1) is 6.10 Å². The monoisotopic (exact) mass is 350 g/mol. The van der Waals surface area contributed by atoms with Crippen molar-refractivity contribution in [2.24, 2.45) is 14.1 Å². The molecule has 0 N–H and O–H groups in total.